The zero-order chi connectivity index (χ0) is 24.8. The predicted molar refractivity (Wildman–Crippen MR) is 124 cm³/mol. The van der Waals surface area contributed by atoms with Gasteiger partial charge in [-0.25, -0.2) is 9.97 Å². The lowest BCUT2D eigenvalue weighted by atomic mass is 9.98. The number of carbonyl (C=O) groups is 1. The molecule has 0 spiro atoms. The molecular formula is C25H30F3N5O2. The van der Waals surface area contributed by atoms with E-state index in [1.54, 1.807) is 18.1 Å². The van der Waals surface area contributed by atoms with Crippen LogP contribution in [0, 0.1) is 5.41 Å². The largest absolute Gasteiger partial charge is 0.489 e. The highest BCUT2D eigenvalue weighted by Gasteiger charge is 2.63. The topological polar surface area (TPSA) is 71.5 Å². The molecule has 10 heteroatoms. The number of anilines is 1. The van der Waals surface area contributed by atoms with Crippen molar-refractivity contribution in [1.29, 1.82) is 0 Å². The SMILES string of the molecule is CN1CC[C@@H](Oc2ccnc(-c3nc4c(c(N(C)CC(=O)CC5(C(F)(F)F)CC5)n3)CCC4)c2)C1. The maximum atomic E-state index is 13.3. The molecule has 2 fully saturated rings. The van der Waals surface area contributed by atoms with Crippen molar-refractivity contribution in [3.8, 4) is 17.3 Å². The lowest BCUT2D eigenvalue weighted by Gasteiger charge is -2.23. The summed E-state index contributed by atoms with van der Waals surface area (Å²) >= 11 is 0. The molecule has 2 aromatic heterocycles. The van der Waals surface area contributed by atoms with Gasteiger partial charge in [-0.15, -0.1) is 0 Å². The fourth-order valence-electron chi connectivity index (χ4n) is 5.12. The van der Waals surface area contributed by atoms with E-state index in [4.69, 9.17) is 14.7 Å². The van der Waals surface area contributed by atoms with Crippen molar-refractivity contribution in [3.05, 3.63) is 29.6 Å². The van der Waals surface area contributed by atoms with E-state index in [9.17, 15) is 18.0 Å². The summed E-state index contributed by atoms with van der Waals surface area (Å²) in [7, 11) is 3.77. The average molecular weight is 490 g/mol. The second kappa shape index (κ2) is 9.04. The summed E-state index contributed by atoms with van der Waals surface area (Å²) in [5, 5.41) is 0. The average Bonchev–Trinajstić information content (AvgIpc) is 3.24. The molecule has 5 rings (SSSR count). The van der Waals surface area contributed by atoms with Crippen LogP contribution in [0.15, 0.2) is 18.3 Å². The smallest absolute Gasteiger partial charge is 0.394 e. The number of fused-ring (bicyclic) bond motifs is 1. The Morgan fingerprint density at radius 3 is 2.77 bits per heavy atom. The van der Waals surface area contributed by atoms with E-state index < -0.39 is 23.8 Å². The number of rotatable bonds is 8. The lowest BCUT2D eigenvalue weighted by molar-refractivity contribution is -0.190. The Bertz CT molecular complexity index is 1120. The number of alkyl halides is 3. The van der Waals surface area contributed by atoms with Gasteiger partial charge in [-0.3, -0.25) is 9.78 Å². The fourth-order valence-corrected chi connectivity index (χ4v) is 5.12. The third-order valence-corrected chi connectivity index (χ3v) is 7.29. The number of ketones is 1. The molecule has 7 nitrogen and oxygen atoms in total. The minimum Gasteiger partial charge on any atom is -0.489 e. The number of hydrogen-bond donors (Lipinski definition) is 0. The number of pyridine rings is 1. The normalized spacial score (nSPS) is 21.1. The Kier molecular flexibility index (Phi) is 6.19. The summed E-state index contributed by atoms with van der Waals surface area (Å²) in [6.45, 7) is 1.74. The summed E-state index contributed by atoms with van der Waals surface area (Å²) in [6, 6.07) is 3.64. The predicted octanol–water partition coefficient (Wildman–Crippen LogP) is 3.85. The Morgan fingerprint density at radius 2 is 2.09 bits per heavy atom. The molecule has 2 aliphatic carbocycles. The fraction of sp³-hybridized carbons (Fsp3) is 0.600. The highest BCUT2D eigenvalue weighted by molar-refractivity contribution is 5.84. The van der Waals surface area contributed by atoms with Crippen molar-refractivity contribution in [2.24, 2.45) is 5.41 Å². The second-order valence-electron chi connectivity index (χ2n) is 10.2. The minimum absolute atomic E-state index is 0.0280. The number of aryl methyl sites for hydroxylation is 1. The molecule has 188 valence electrons. The van der Waals surface area contributed by atoms with Crippen LogP contribution in [0.2, 0.25) is 0 Å². The first-order valence-electron chi connectivity index (χ1n) is 12.1. The summed E-state index contributed by atoms with van der Waals surface area (Å²) in [5.74, 6) is 1.30. The number of hydrogen-bond acceptors (Lipinski definition) is 7. The molecule has 3 heterocycles. The van der Waals surface area contributed by atoms with E-state index in [1.807, 2.05) is 12.1 Å². The molecule has 2 aromatic rings. The number of Topliss-reactive ketones (excluding diaryl/α,β-unsaturated/α-hetero) is 1. The monoisotopic (exact) mass is 489 g/mol. The van der Waals surface area contributed by atoms with Crippen LogP contribution in [-0.2, 0) is 17.6 Å². The number of likely N-dealkylation sites (N-methyl/N-ethyl adjacent to an activating group) is 2. The maximum absolute atomic E-state index is 13.3. The Hall–Kier alpha value is -2.75. The van der Waals surface area contributed by atoms with Crippen molar-refractivity contribution in [2.75, 3.05) is 38.6 Å². The molecule has 1 aliphatic heterocycles. The number of likely N-dealkylation sites (tertiary alicyclic amines) is 1. The molecule has 0 amide bonds. The first kappa shape index (κ1) is 24.0. The summed E-state index contributed by atoms with van der Waals surface area (Å²) in [6.07, 6.45) is 0.487. The van der Waals surface area contributed by atoms with Crippen LogP contribution in [0.5, 0.6) is 5.75 Å². The highest BCUT2D eigenvalue weighted by Crippen LogP contribution is 2.60. The van der Waals surface area contributed by atoms with Gasteiger partial charge in [0, 0.05) is 50.1 Å². The second-order valence-corrected chi connectivity index (χ2v) is 10.2. The van der Waals surface area contributed by atoms with E-state index in [-0.39, 0.29) is 25.5 Å². The first-order valence-corrected chi connectivity index (χ1v) is 12.1. The number of nitrogens with zero attached hydrogens (tertiary/aromatic N) is 5. The minimum atomic E-state index is -4.34. The van der Waals surface area contributed by atoms with Gasteiger partial charge in [0.1, 0.15) is 23.4 Å². The molecule has 0 radical (unpaired) electrons. The summed E-state index contributed by atoms with van der Waals surface area (Å²) in [5.41, 5.74) is 0.604. The van der Waals surface area contributed by atoms with Crippen LogP contribution in [0.25, 0.3) is 11.5 Å². The van der Waals surface area contributed by atoms with Crippen LogP contribution in [0.1, 0.15) is 43.4 Å². The van der Waals surface area contributed by atoms with Gasteiger partial charge < -0.3 is 14.5 Å². The van der Waals surface area contributed by atoms with Crippen molar-refractivity contribution in [1.82, 2.24) is 19.9 Å². The molecule has 1 saturated heterocycles. The van der Waals surface area contributed by atoms with E-state index in [0.717, 1.165) is 50.0 Å². The highest BCUT2D eigenvalue weighted by atomic mass is 19.4. The van der Waals surface area contributed by atoms with Gasteiger partial charge in [-0.2, -0.15) is 13.2 Å². The third kappa shape index (κ3) is 4.98. The number of ether oxygens (including phenoxy) is 1. The molecule has 3 aliphatic rings. The van der Waals surface area contributed by atoms with Gasteiger partial charge in [-0.1, -0.05) is 0 Å². The quantitative estimate of drug-likeness (QED) is 0.558. The van der Waals surface area contributed by atoms with E-state index in [2.05, 4.69) is 16.9 Å². The van der Waals surface area contributed by atoms with E-state index in [1.165, 1.54) is 0 Å². The van der Waals surface area contributed by atoms with Crippen molar-refractivity contribution < 1.29 is 22.7 Å². The standard InChI is InChI=1S/C25H30F3N5O2/c1-32-11-7-18(15-32)35-17-6-10-29-21(12-17)22-30-20-5-3-4-19(20)23(31-22)33(2)14-16(34)13-24(8-9-24)25(26,27)28/h6,10,12,18H,3-5,7-9,11,13-15H2,1-2H3/t18-/m1/s1. The van der Waals surface area contributed by atoms with Crippen molar-refractivity contribution in [2.45, 2.75) is 57.2 Å². The zero-order valence-electron chi connectivity index (χ0n) is 20.1. The summed E-state index contributed by atoms with van der Waals surface area (Å²) in [4.78, 5) is 30.4. The maximum Gasteiger partial charge on any atom is 0.394 e. The number of halogens is 3. The Balaban J connectivity index is 1.35. The molecular weight excluding hydrogens is 459 g/mol. The van der Waals surface area contributed by atoms with Crippen LogP contribution in [0.4, 0.5) is 19.0 Å². The van der Waals surface area contributed by atoms with Crippen molar-refractivity contribution >= 4 is 11.6 Å². The molecule has 1 saturated carbocycles. The Labute approximate surface area is 202 Å². The molecule has 35 heavy (non-hydrogen) atoms. The zero-order valence-corrected chi connectivity index (χ0v) is 20.1. The molecule has 0 bridgehead atoms. The van der Waals surface area contributed by atoms with Gasteiger partial charge >= 0.3 is 6.18 Å². The van der Waals surface area contributed by atoms with Crippen LogP contribution >= 0.6 is 0 Å². The van der Waals surface area contributed by atoms with Crippen LogP contribution in [-0.4, -0.2) is 71.6 Å². The first-order chi connectivity index (χ1) is 16.6. The van der Waals surface area contributed by atoms with E-state index in [0.29, 0.717) is 23.1 Å². The van der Waals surface area contributed by atoms with E-state index >= 15 is 0 Å². The molecule has 0 N–H and O–H groups in total. The van der Waals surface area contributed by atoms with Gasteiger partial charge in [0.05, 0.1) is 12.0 Å². The lowest BCUT2D eigenvalue weighted by Crippen LogP contribution is -2.33. The number of carbonyl (C=O) groups excluding carboxylic acids is 1. The van der Waals surface area contributed by atoms with Gasteiger partial charge in [0.25, 0.3) is 0 Å². The molecule has 0 aromatic carbocycles. The van der Waals surface area contributed by atoms with Crippen LogP contribution in [0.3, 0.4) is 0 Å². The number of aromatic nitrogens is 3. The molecule has 0 unspecified atom stereocenters. The Morgan fingerprint density at radius 1 is 1.29 bits per heavy atom. The van der Waals surface area contributed by atoms with Gasteiger partial charge in [-0.05, 0) is 51.6 Å². The van der Waals surface area contributed by atoms with Gasteiger partial charge in [0.15, 0.2) is 11.6 Å². The summed E-state index contributed by atoms with van der Waals surface area (Å²) < 4.78 is 46.1. The van der Waals surface area contributed by atoms with Crippen LogP contribution < -0.4 is 9.64 Å². The van der Waals surface area contributed by atoms with Crippen molar-refractivity contribution in [3.63, 3.8) is 0 Å². The third-order valence-electron chi connectivity index (χ3n) is 7.29. The van der Waals surface area contributed by atoms with Gasteiger partial charge in [0.2, 0.25) is 0 Å². The molecule has 1 atom stereocenters.